The van der Waals surface area contributed by atoms with E-state index in [1.165, 1.54) is 17.5 Å². The molecule has 1 amide bonds. The second kappa shape index (κ2) is 5.79. The van der Waals surface area contributed by atoms with Crippen LogP contribution in [0.5, 0.6) is 0 Å². The molecule has 0 saturated heterocycles. The van der Waals surface area contributed by atoms with Crippen molar-refractivity contribution in [3.63, 3.8) is 0 Å². The molecule has 2 aromatic rings. The van der Waals surface area contributed by atoms with Gasteiger partial charge in [0.2, 0.25) is 5.91 Å². The topological polar surface area (TPSA) is 29.1 Å². The van der Waals surface area contributed by atoms with E-state index >= 15 is 0 Å². The Kier molecular flexibility index (Phi) is 3.76. The van der Waals surface area contributed by atoms with Crippen LogP contribution in [0.4, 0.5) is 0 Å². The average molecular weight is 370 g/mol. The maximum atomic E-state index is 12.7. The molecule has 2 aliphatic carbocycles. The lowest BCUT2D eigenvalue weighted by molar-refractivity contribution is -0.125. The standard InChI is InChI=1S/C20H20BrNO/c21-16-9-7-14(8-10-16)17-13-18(17)19(23)22-20(11-4-12-20)15-5-2-1-3-6-15/h1-3,5-10,17-18H,4,11-13H2,(H,22,23). The minimum atomic E-state index is -0.120. The number of rotatable bonds is 4. The van der Waals surface area contributed by atoms with Crippen molar-refractivity contribution in [2.45, 2.75) is 37.1 Å². The number of nitrogens with one attached hydrogen (secondary N) is 1. The number of benzene rings is 2. The maximum Gasteiger partial charge on any atom is 0.224 e. The van der Waals surface area contributed by atoms with E-state index in [0.717, 1.165) is 23.7 Å². The maximum absolute atomic E-state index is 12.7. The molecule has 1 N–H and O–H groups in total. The third-order valence-corrected chi connectivity index (χ3v) is 5.85. The van der Waals surface area contributed by atoms with Crippen LogP contribution in [0.25, 0.3) is 0 Å². The molecule has 0 spiro atoms. The molecule has 0 heterocycles. The lowest BCUT2D eigenvalue weighted by Gasteiger charge is -2.43. The zero-order valence-corrected chi connectivity index (χ0v) is 14.6. The molecule has 2 atom stereocenters. The number of amides is 1. The van der Waals surface area contributed by atoms with E-state index in [9.17, 15) is 4.79 Å². The van der Waals surface area contributed by atoms with Crippen LogP contribution >= 0.6 is 15.9 Å². The van der Waals surface area contributed by atoms with Crippen LogP contribution in [0.1, 0.15) is 42.7 Å². The van der Waals surface area contributed by atoms with Gasteiger partial charge in [-0.3, -0.25) is 4.79 Å². The van der Waals surface area contributed by atoms with Crippen molar-refractivity contribution in [1.82, 2.24) is 5.32 Å². The molecule has 3 heteroatoms. The first-order valence-electron chi connectivity index (χ1n) is 8.31. The summed E-state index contributed by atoms with van der Waals surface area (Å²) in [5.41, 5.74) is 2.40. The summed E-state index contributed by atoms with van der Waals surface area (Å²) < 4.78 is 1.08. The van der Waals surface area contributed by atoms with Gasteiger partial charge in [0.05, 0.1) is 5.54 Å². The molecule has 2 saturated carbocycles. The lowest BCUT2D eigenvalue weighted by Crippen LogP contribution is -2.51. The number of halogens is 1. The number of carbonyl (C=O) groups is 1. The first-order chi connectivity index (χ1) is 11.2. The van der Waals surface area contributed by atoms with Crippen molar-refractivity contribution < 1.29 is 4.79 Å². The molecule has 23 heavy (non-hydrogen) atoms. The molecule has 0 aromatic heterocycles. The smallest absolute Gasteiger partial charge is 0.224 e. The van der Waals surface area contributed by atoms with Crippen molar-refractivity contribution in [2.75, 3.05) is 0 Å². The van der Waals surface area contributed by atoms with Crippen molar-refractivity contribution in [2.24, 2.45) is 5.92 Å². The first kappa shape index (κ1) is 14.9. The molecule has 2 nitrogen and oxygen atoms in total. The minimum absolute atomic E-state index is 0.120. The summed E-state index contributed by atoms with van der Waals surface area (Å²) in [4.78, 5) is 12.7. The molecule has 2 aliphatic rings. The average Bonchev–Trinajstić information content (AvgIpc) is 3.33. The second-order valence-electron chi connectivity index (χ2n) is 6.79. The molecule has 2 unspecified atom stereocenters. The van der Waals surface area contributed by atoms with Crippen molar-refractivity contribution >= 4 is 21.8 Å². The Morgan fingerprint density at radius 1 is 1.04 bits per heavy atom. The van der Waals surface area contributed by atoms with Gasteiger partial charge in [-0.15, -0.1) is 0 Å². The van der Waals surface area contributed by atoms with Gasteiger partial charge in [-0.25, -0.2) is 0 Å². The zero-order valence-electron chi connectivity index (χ0n) is 13.0. The van der Waals surface area contributed by atoms with Crippen LogP contribution in [0.15, 0.2) is 59.1 Å². The number of carbonyl (C=O) groups excluding carboxylic acids is 1. The fourth-order valence-electron chi connectivity index (χ4n) is 3.67. The fourth-order valence-corrected chi connectivity index (χ4v) is 3.93. The van der Waals surface area contributed by atoms with E-state index in [4.69, 9.17) is 0 Å². The van der Waals surface area contributed by atoms with Gasteiger partial charge < -0.3 is 5.32 Å². The van der Waals surface area contributed by atoms with E-state index in [1.807, 2.05) is 6.07 Å². The molecule has 2 aromatic carbocycles. The molecular formula is C20H20BrNO. The highest BCUT2D eigenvalue weighted by Crippen LogP contribution is 2.49. The molecule has 0 radical (unpaired) electrons. The van der Waals surface area contributed by atoms with Crippen molar-refractivity contribution in [1.29, 1.82) is 0 Å². The molecule has 0 bridgehead atoms. The van der Waals surface area contributed by atoms with Gasteiger partial charge in [-0.2, -0.15) is 0 Å². The van der Waals surface area contributed by atoms with Gasteiger partial charge in [0, 0.05) is 10.4 Å². The molecule has 2 fully saturated rings. The Balaban J connectivity index is 1.45. The Morgan fingerprint density at radius 3 is 2.35 bits per heavy atom. The zero-order chi connectivity index (χ0) is 15.9. The molecule has 118 valence electrons. The van der Waals surface area contributed by atoms with Crippen LogP contribution in [0.3, 0.4) is 0 Å². The summed E-state index contributed by atoms with van der Waals surface area (Å²) in [5.74, 6) is 0.745. The highest BCUT2D eigenvalue weighted by Gasteiger charge is 2.48. The lowest BCUT2D eigenvalue weighted by atomic mass is 9.71. The van der Waals surface area contributed by atoms with Crippen LogP contribution in [-0.4, -0.2) is 5.91 Å². The summed E-state index contributed by atoms with van der Waals surface area (Å²) in [6.07, 6.45) is 4.27. The molecule has 0 aliphatic heterocycles. The van der Waals surface area contributed by atoms with Gasteiger partial charge >= 0.3 is 0 Å². The van der Waals surface area contributed by atoms with Crippen LogP contribution in [0.2, 0.25) is 0 Å². The monoisotopic (exact) mass is 369 g/mol. The van der Waals surface area contributed by atoms with E-state index in [2.05, 4.69) is 69.8 Å². The van der Waals surface area contributed by atoms with E-state index in [0.29, 0.717) is 5.92 Å². The normalized spacial score (nSPS) is 24.6. The summed E-state index contributed by atoms with van der Waals surface area (Å²) in [6.45, 7) is 0. The predicted octanol–water partition coefficient (Wildman–Crippen LogP) is 4.75. The number of hydrogen-bond acceptors (Lipinski definition) is 1. The Hall–Kier alpha value is -1.61. The summed E-state index contributed by atoms with van der Waals surface area (Å²) in [5, 5.41) is 3.37. The first-order valence-corrected chi connectivity index (χ1v) is 9.10. The Bertz CT molecular complexity index is 706. The third-order valence-electron chi connectivity index (χ3n) is 5.32. The third kappa shape index (κ3) is 2.83. The van der Waals surface area contributed by atoms with Gasteiger partial charge in [-0.1, -0.05) is 58.4 Å². The van der Waals surface area contributed by atoms with Gasteiger partial charge in [0.25, 0.3) is 0 Å². The molecular weight excluding hydrogens is 350 g/mol. The summed E-state index contributed by atoms with van der Waals surface area (Å²) >= 11 is 3.46. The van der Waals surface area contributed by atoms with E-state index in [1.54, 1.807) is 0 Å². The predicted molar refractivity (Wildman–Crippen MR) is 95.1 cm³/mol. The van der Waals surface area contributed by atoms with Gasteiger partial charge in [0.1, 0.15) is 0 Å². The number of hydrogen-bond donors (Lipinski definition) is 1. The van der Waals surface area contributed by atoms with Crippen LogP contribution < -0.4 is 5.32 Å². The summed E-state index contributed by atoms with van der Waals surface area (Å²) in [6, 6.07) is 18.8. The summed E-state index contributed by atoms with van der Waals surface area (Å²) in [7, 11) is 0. The quantitative estimate of drug-likeness (QED) is 0.827. The van der Waals surface area contributed by atoms with Crippen molar-refractivity contribution in [3.05, 3.63) is 70.2 Å². The Morgan fingerprint density at radius 2 is 1.74 bits per heavy atom. The molecule has 4 rings (SSSR count). The van der Waals surface area contributed by atoms with Crippen LogP contribution in [0, 0.1) is 5.92 Å². The van der Waals surface area contributed by atoms with Crippen LogP contribution in [-0.2, 0) is 10.3 Å². The van der Waals surface area contributed by atoms with Gasteiger partial charge in [-0.05, 0) is 54.9 Å². The van der Waals surface area contributed by atoms with E-state index < -0.39 is 0 Å². The minimum Gasteiger partial charge on any atom is -0.346 e. The van der Waals surface area contributed by atoms with E-state index in [-0.39, 0.29) is 17.4 Å². The highest BCUT2D eigenvalue weighted by molar-refractivity contribution is 9.10. The van der Waals surface area contributed by atoms with Crippen molar-refractivity contribution in [3.8, 4) is 0 Å². The Labute approximate surface area is 145 Å². The second-order valence-corrected chi connectivity index (χ2v) is 7.71. The fraction of sp³-hybridized carbons (Fsp3) is 0.350. The SMILES string of the molecule is O=C(NC1(c2ccccc2)CCC1)C1CC1c1ccc(Br)cc1. The van der Waals surface area contributed by atoms with Gasteiger partial charge in [0.15, 0.2) is 0 Å². The largest absolute Gasteiger partial charge is 0.346 e. The highest BCUT2D eigenvalue weighted by atomic mass is 79.9.